The number of nitrogens with one attached hydrogen (secondary N) is 1. The highest BCUT2D eigenvalue weighted by Gasteiger charge is 2.29. The summed E-state index contributed by atoms with van der Waals surface area (Å²) in [6.45, 7) is 14.6. The first-order valence-electron chi connectivity index (χ1n) is 8.52. The van der Waals surface area contributed by atoms with Crippen molar-refractivity contribution in [3.05, 3.63) is 0 Å². The Bertz CT molecular complexity index is 268. The molecule has 4 heteroatoms. The fourth-order valence-corrected chi connectivity index (χ4v) is 4.30. The molecule has 2 rings (SSSR count). The van der Waals surface area contributed by atoms with E-state index in [2.05, 4.69) is 47.6 Å². The molecule has 2 aliphatic rings. The van der Waals surface area contributed by atoms with Crippen LogP contribution in [-0.4, -0.2) is 72.7 Å². The molecule has 3 atom stereocenters. The fraction of sp³-hybridized carbons (Fsp3) is 1.00. The number of nitrogens with zero attached hydrogens (tertiary/aromatic N) is 2. The summed E-state index contributed by atoms with van der Waals surface area (Å²) in [6.07, 6.45) is 2.56. The van der Waals surface area contributed by atoms with Crippen molar-refractivity contribution in [2.75, 3.05) is 50.8 Å². The highest BCUT2D eigenvalue weighted by Crippen LogP contribution is 2.17. The lowest BCUT2D eigenvalue weighted by Gasteiger charge is -2.43. The number of piperazine rings is 1. The topological polar surface area (TPSA) is 18.5 Å². The number of thioether (sulfide) groups is 1. The van der Waals surface area contributed by atoms with E-state index < -0.39 is 0 Å². The molecule has 0 aromatic rings. The van der Waals surface area contributed by atoms with Gasteiger partial charge in [-0.15, -0.1) is 0 Å². The molecule has 0 aliphatic carbocycles. The molecule has 1 N–H and O–H groups in total. The molecular formula is C16H33N3S. The first-order chi connectivity index (χ1) is 9.74. The van der Waals surface area contributed by atoms with Crippen molar-refractivity contribution in [2.45, 2.75) is 45.7 Å². The molecule has 2 aliphatic heterocycles. The lowest BCUT2D eigenvalue weighted by Crippen LogP contribution is -2.59. The molecule has 2 fully saturated rings. The van der Waals surface area contributed by atoms with Crippen molar-refractivity contribution in [3.63, 3.8) is 0 Å². The number of hydrogen-bond acceptors (Lipinski definition) is 4. The third kappa shape index (κ3) is 4.62. The van der Waals surface area contributed by atoms with Crippen LogP contribution in [0, 0.1) is 5.92 Å². The van der Waals surface area contributed by atoms with E-state index in [4.69, 9.17) is 0 Å². The van der Waals surface area contributed by atoms with Crippen LogP contribution in [0.25, 0.3) is 0 Å². The van der Waals surface area contributed by atoms with Crippen molar-refractivity contribution in [1.82, 2.24) is 15.1 Å². The zero-order chi connectivity index (χ0) is 14.4. The molecule has 0 aromatic carbocycles. The van der Waals surface area contributed by atoms with Gasteiger partial charge in [0, 0.05) is 62.9 Å². The second kappa shape index (κ2) is 8.62. The largest absolute Gasteiger partial charge is 0.311 e. The minimum absolute atomic E-state index is 0.694. The molecule has 3 unspecified atom stereocenters. The molecule has 0 spiro atoms. The average molecular weight is 300 g/mol. The maximum absolute atomic E-state index is 3.78. The van der Waals surface area contributed by atoms with Gasteiger partial charge in [0.05, 0.1) is 0 Å². The molecule has 2 heterocycles. The molecule has 0 saturated carbocycles. The molecule has 0 amide bonds. The van der Waals surface area contributed by atoms with E-state index >= 15 is 0 Å². The second-order valence-corrected chi connectivity index (χ2v) is 7.64. The van der Waals surface area contributed by atoms with Crippen LogP contribution in [0.3, 0.4) is 0 Å². The van der Waals surface area contributed by atoms with Crippen LogP contribution in [0.15, 0.2) is 0 Å². The summed E-state index contributed by atoms with van der Waals surface area (Å²) in [5.74, 6) is 3.45. The number of hydrogen-bond donors (Lipinski definition) is 1. The maximum Gasteiger partial charge on any atom is 0.0221 e. The van der Waals surface area contributed by atoms with Gasteiger partial charge in [-0.2, -0.15) is 11.8 Å². The van der Waals surface area contributed by atoms with Crippen LogP contribution >= 0.6 is 11.8 Å². The average Bonchev–Trinajstić information content (AvgIpc) is 2.52. The lowest BCUT2D eigenvalue weighted by atomic mass is 9.95. The van der Waals surface area contributed by atoms with Gasteiger partial charge in [-0.05, 0) is 12.3 Å². The summed E-state index contributed by atoms with van der Waals surface area (Å²) in [7, 11) is 0. The highest BCUT2D eigenvalue weighted by atomic mass is 32.2. The fourth-order valence-electron chi connectivity index (χ4n) is 3.32. The smallest absolute Gasteiger partial charge is 0.0221 e. The Morgan fingerprint density at radius 1 is 1.20 bits per heavy atom. The monoisotopic (exact) mass is 299 g/mol. The molecule has 20 heavy (non-hydrogen) atoms. The van der Waals surface area contributed by atoms with Gasteiger partial charge < -0.3 is 10.2 Å². The van der Waals surface area contributed by atoms with Crippen LogP contribution in [0.4, 0.5) is 0 Å². The molecule has 3 nitrogen and oxygen atoms in total. The standard InChI is InChI=1S/C16H33N3S/c1-4-14(3)16-13-19(15(5-2)12-17-16)7-6-18-8-10-20-11-9-18/h14-17H,4-13H2,1-3H3. The van der Waals surface area contributed by atoms with E-state index in [1.54, 1.807) is 0 Å². The summed E-state index contributed by atoms with van der Waals surface area (Å²) in [6, 6.07) is 1.44. The second-order valence-electron chi connectivity index (χ2n) is 6.41. The van der Waals surface area contributed by atoms with Gasteiger partial charge in [-0.1, -0.05) is 27.2 Å². The normalized spacial score (nSPS) is 31.4. The first-order valence-corrected chi connectivity index (χ1v) is 9.67. The maximum atomic E-state index is 3.78. The van der Waals surface area contributed by atoms with Crippen LogP contribution in [-0.2, 0) is 0 Å². The van der Waals surface area contributed by atoms with Gasteiger partial charge in [0.15, 0.2) is 0 Å². The minimum atomic E-state index is 0.694. The Morgan fingerprint density at radius 2 is 1.95 bits per heavy atom. The van der Waals surface area contributed by atoms with E-state index in [0.29, 0.717) is 6.04 Å². The summed E-state index contributed by atoms with van der Waals surface area (Å²) >= 11 is 2.11. The van der Waals surface area contributed by atoms with Crippen molar-refractivity contribution in [2.24, 2.45) is 5.92 Å². The van der Waals surface area contributed by atoms with Gasteiger partial charge in [0.1, 0.15) is 0 Å². The Labute approximate surface area is 129 Å². The predicted molar refractivity (Wildman–Crippen MR) is 90.7 cm³/mol. The van der Waals surface area contributed by atoms with Gasteiger partial charge in [0.2, 0.25) is 0 Å². The van der Waals surface area contributed by atoms with E-state index in [1.165, 1.54) is 63.6 Å². The van der Waals surface area contributed by atoms with Crippen molar-refractivity contribution < 1.29 is 0 Å². The Morgan fingerprint density at radius 3 is 2.60 bits per heavy atom. The van der Waals surface area contributed by atoms with Crippen LogP contribution in [0.1, 0.15) is 33.6 Å². The predicted octanol–water partition coefficient (Wildman–Crippen LogP) is 2.13. The SMILES string of the molecule is CCC(C)C1CN(CCN2CCSCC2)C(CC)CN1. The summed E-state index contributed by atoms with van der Waals surface area (Å²) in [4.78, 5) is 5.42. The van der Waals surface area contributed by atoms with Crippen molar-refractivity contribution in [1.29, 1.82) is 0 Å². The number of rotatable bonds is 6. The van der Waals surface area contributed by atoms with Crippen LogP contribution in [0.5, 0.6) is 0 Å². The first kappa shape index (κ1) is 16.6. The molecule has 0 aromatic heterocycles. The third-order valence-electron chi connectivity index (χ3n) is 5.17. The third-order valence-corrected chi connectivity index (χ3v) is 6.11. The molecule has 2 saturated heterocycles. The van der Waals surface area contributed by atoms with Crippen molar-refractivity contribution >= 4 is 11.8 Å². The zero-order valence-corrected chi connectivity index (χ0v) is 14.4. The Kier molecular flexibility index (Phi) is 7.15. The zero-order valence-electron chi connectivity index (χ0n) is 13.6. The van der Waals surface area contributed by atoms with Crippen molar-refractivity contribution in [3.8, 4) is 0 Å². The van der Waals surface area contributed by atoms with E-state index in [0.717, 1.165) is 12.0 Å². The minimum Gasteiger partial charge on any atom is -0.311 e. The van der Waals surface area contributed by atoms with E-state index in [1.807, 2.05) is 0 Å². The Hall–Kier alpha value is 0.230. The van der Waals surface area contributed by atoms with Gasteiger partial charge >= 0.3 is 0 Å². The summed E-state index contributed by atoms with van der Waals surface area (Å²) < 4.78 is 0. The van der Waals surface area contributed by atoms with Gasteiger partial charge in [-0.25, -0.2) is 0 Å². The van der Waals surface area contributed by atoms with Gasteiger partial charge in [-0.3, -0.25) is 4.90 Å². The van der Waals surface area contributed by atoms with Crippen LogP contribution < -0.4 is 5.32 Å². The highest BCUT2D eigenvalue weighted by molar-refractivity contribution is 7.99. The van der Waals surface area contributed by atoms with E-state index in [-0.39, 0.29) is 0 Å². The molecule has 0 radical (unpaired) electrons. The molecular weight excluding hydrogens is 266 g/mol. The molecule has 118 valence electrons. The van der Waals surface area contributed by atoms with Gasteiger partial charge in [0.25, 0.3) is 0 Å². The lowest BCUT2D eigenvalue weighted by molar-refractivity contribution is 0.0938. The molecule has 0 bridgehead atoms. The van der Waals surface area contributed by atoms with Crippen LogP contribution in [0.2, 0.25) is 0 Å². The summed E-state index contributed by atoms with van der Waals surface area (Å²) in [5, 5.41) is 3.78. The quantitative estimate of drug-likeness (QED) is 0.809. The van der Waals surface area contributed by atoms with E-state index in [9.17, 15) is 0 Å². The summed E-state index contributed by atoms with van der Waals surface area (Å²) in [5.41, 5.74) is 0. The Balaban J connectivity index is 1.81.